The second-order valence-corrected chi connectivity index (χ2v) is 5.30. The largest absolute Gasteiger partial charge is 0.450 e. The van der Waals surface area contributed by atoms with Crippen molar-refractivity contribution in [1.82, 2.24) is 4.90 Å². The van der Waals surface area contributed by atoms with E-state index in [1.165, 1.54) is 10.9 Å². The van der Waals surface area contributed by atoms with Crippen LogP contribution in [-0.4, -0.2) is 30.7 Å². The number of piperidine rings is 1. The van der Waals surface area contributed by atoms with E-state index in [1.807, 2.05) is 11.8 Å². The number of hydrogen-bond donors (Lipinski definition) is 0. The predicted molar refractivity (Wildman–Crippen MR) is 61.8 cm³/mol. The average molecular weight is 274 g/mol. The highest BCUT2D eigenvalue weighted by Crippen LogP contribution is 2.35. The molecule has 15 heavy (non-hydrogen) atoms. The summed E-state index contributed by atoms with van der Waals surface area (Å²) in [5.74, 6) is 1.11. The van der Waals surface area contributed by atoms with E-state index in [-0.39, 0.29) is 6.09 Å². The first-order valence-electron chi connectivity index (χ1n) is 5.47. The van der Waals surface area contributed by atoms with E-state index < -0.39 is 0 Å². The molecule has 0 saturated carbocycles. The molecule has 1 saturated heterocycles. The maximum Gasteiger partial charge on any atom is 0.409 e. The summed E-state index contributed by atoms with van der Waals surface area (Å²) in [4.78, 5) is 13.4. The molecule has 0 radical (unpaired) electrons. The van der Waals surface area contributed by atoms with Crippen molar-refractivity contribution >= 4 is 22.0 Å². The van der Waals surface area contributed by atoms with Gasteiger partial charge in [-0.3, -0.25) is 0 Å². The van der Waals surface area contributed by atoms with Crippen molar-refractivity contribution in [3.05, 3.63) is 10.6 Å². The minimum absolute atomic E-state index is 0.154. The van der Waals surface area contributed by atoms with Crippen LogP contribution >= 0.6 is 15.9 Å². The number of amides is 1. The van der Waals surface area contributed by atoms with Crippen LogP contribution in [0.2, 0.25) is 0 Å². The number of nitrogens with zero attached hydrogens (tertiary/aromatic N) is 1. The van der Waals surface area contributed by atoms with Crippen LogP contribution in [-0.2, 0) is 4.74 Å². The maximum atomic E-state index is 11.6. The molecule has 1 heterocycles. The second-order valence-electron chi connectivity index (χ2n) is 4.28. The number of hydrogen-bond acceptors (Lipinski definition) is 2. The fraction of sp³-hybridized carbons (Fsp3) is 0.727. The van der Waals surface area contributed by atoms with E-state index in [2.05, 4.69) is 22.0 Å². The predicted octanol–water partition coefficient (Wildman–Crippen LogP) is 2.76. The number of likely N-dealkylation sites (tertiary alicyclic amines) is 1. The zero-order valence-corrected chi connectivity index (χ0v) is 10.5. The first-order chi connectivity index (χ1) is 7.19. The third-order valence-corrected chi connectivity index (χ3v) is 3.58. The molecular formula is C11H16BrNO2. The summed E-state index contributed by atoms with van der Waals surface area (Å²) in [5.41, 5.74) is 0. The van der Waals surface area contributed by atoms with Crippen molar-refractivity contribution < 1.29 is 9.53 Å². The highest BCUT2D eigenvalue weighted by Gasteiger charge is 2.32. The SMILES string of the molecule is CCOC(=O)N1C[C@@H]2C=C(Br)C[C@@H](C2)C1. The van der Waals surface area contributed by atoms with Crippen LogP contribution in [0.25, 0.3) is 0 Å². The summed E-state index contributed by atoms with van der Waals surface area (Å²) in [5, 5.41) is 0. The summed E-state index contributed by atoms with van der Waals surface area (Å²) in [6.45, 7) is 3.96. The molecule has 0 spiro atoms. The van der Waals surface area contributed by atoms with Gasteiger partial charge < -0.3 is 9.64 Å². The van der Waals surface area contributed by atoms with E-state index in [1.54, 1.807) is 0 Å². The Morgan fingerprint density at radius 3 is 3.13 bits per heavy atom. The molecule has 1 amide bonds. The van der Waals surface area contributed by atoms with Gasteiger partial charge in [0.15, 0.2) is 0 Å². The summed E-state index contributed by atoms with van der Waals surface area (Å²) in [6, 6.07) is 0. The Labute approximate surface area is 98.6 Å². The zero-order chi connectivity index (χ0) is 10.8. The molecule has 0 unspecified atom stereocenters. The van der Waals surface area contributed by atoms with Crippen molar-refractivity contribution in [2.24, 2.45) is 11.8 Å². The summed E-state index contributed by atoms with van der Waals surface area (Å²) >= 11 is 3.56. The van der Waals surface area contributed by atoms with Crippen LogP contribution in [0.1, 0.15) is 19.8 Å². The third kappa shape index (κ3) is 2.54. The highest BCUT2D eigenvalue weighted by atomic mass is 79.9. The summed E-state index contributed by atoms with van der Waals surface area (Å²) in [6.07, 6.45) is 4.36. The molecule has 1 aliphatic heterocycles. The molecule has 0 aromatic rings. The Bertz CT molecular complexity index is 290. The molecule has 0 N–H and O–H groups in total. The number of halogens is 1. The molecule has 0 aromatic heterocycles. The fourth-order valence-corrected chi connectivity index (χ4v) is 3.31. The lowest BCUT2D eigenvalue weighted by Crippen LogP contribution is -2.45. The number of carbonyl (C=O) groups is 1. The molecule has 4 heteroatoms. The molecule has 2 bridgehead atoms. The lowest BCUT2D eigenvalue weighted by atomic mass is 9.83. The van der Waals surface area contributed by atoms with Crippen LogP contribution in [0, 0.1) is 11.8 Å². The molecule has 3 nitrogen and oxygen atoms in total. The molecule has 84 valence electrons. The molecule has 1 aliphatic carbocycles. The Balaban J connectivity index is 2.00. The Hall–Kier alpha value is -0.510. The summed E-state index contributed by atoms with van der Waals surface area (Å²) < 4.78 is 6.33. The van der Waals surface area contributed by atoms with Crippen LogP contribution in [0.15, 0.2) is 10.6 Å². The van der Waals surface area contributed by atoms with Gasteiger partial charge >= 0.3 is 6.09 Å². The lowest BCUT2D eigenvalue weighted by molar-refractivity contribution is 0.0771. The minimum atomic E-state index is -0.154. The van der Waals surface area contributed by atoms with Gasteiger partial charge in [-0.2, -0.15) is 0 Å². The van der Waals surface area contributed by atoms with Gasteiger partial charge in [0.25, 0.3) is 0 Å². The van der Waals surface area contributed by atoms with Gasteiger partial charge in [-0.15, -0.1) is 0 Å². The van der Waals surface area contributed by atoms with Gasteiger partial charge in [-0.05, 0) is 36.1 Å². The van der Waals surface area contributed by atoms with Crippen LogP contribution in [0.3, 0.4) is 0 Å². The Morgan fingerprint density at radius 2 is 2.47 bits per heavy atom. The fourth-order valence-electron chi connectivity index (χ4n) is 2.48. The first kappa shape index (κ1) is 11.0. The van der Waals surface area contributed by atoms with E-state index in [0.29, 0.717) is 18.4 Å². The number of fused-ring (bicyclic) bond motifs is 2. The molecule has 1 fully saturated rings. The van der Waals surface area contributed by atoms with Crippen LogP contribution in [0.5, 0.6) is 0 Å². The van der Waals surface area contributed by atoms with E-state index in [0.717, 1.165) is 19.5 Å². The quantitative estimate of drug-likeness (QED) is 0.735. The topological polar surface area (TPSA) is 29.5 Å². The van der Waals surface area contributed by atoms with Crippen LogP contribution in [0.4, 0.5) is 4.79 Å². The Morgan fingerprint density at radius 1 is 1.67 bits per heavy atom. The van der Waals surface area contributed by atoms with Gasteiger partial charge in [0.2, 0.25) is 0 Å². The van der Waals surface area contributed by atoms with E-state index in [4.69, 9.17) is 4.74 Å². The van der Waals surface area contributed by atoms with Gasteiger partial charge in [0.05, 0.1) is 6.61 Å². The maximum absolute atomic E-state index is 11.6. The molecule has 2 atom stereocenters. The monoisotopic (exact) mass is 273 g/mol. The van der Waals surface area contributed by atoms with Gasteiger partial charge in [-0.25, -0.2) is 4.79 Å². The molecular weight excluding hydrogens is 258 g/mol. The van der Waals surface area contributed by atoms with E-state index >= 15 is 0 Å². The Kier molecular flexibility index (Phi) is 3.34. The van der Waals surface area contributed by atoms with Crippen molar-refractivity contribution in [2.45, 2.75) is 19.8 Å². The number of allylic oxidation sites excluding steroid dienone is 1. The second kappa shape index (κ2) is 4.56. The standard InChI is InChI=1S/C11H16BrNO2/c1-2-15-11(14)13-6-8-3-9(7-13)5-10(12)4-8/h4,8-9H,2-3,5-7H2,1H3/t8-,9+/m0/s1. The third-order valence-electron chi connectivity index (χ3n) is 3.00. The highest BCUT2D eigenvalue weighted by molar-refractivity contribution is 9.11. The minimum Gasteiger partial charge on any atom is -0.450 e. The van der Waals surface area contributed by atoms with Crippen LogP contribution < -0.4 is 0 Å². The normalized spacial score (nSPS) is 29.7. The zero-order valence-electron chi connectivity index (χ0n) is 8.91. The van der Waals surface area contributed by atoms with E-state index in [9.17, 15) is 4.79 Å². The number of rotatable bonds is 1. The molecule has 2 aliphatic rings. The lowest BCUT2D eigenvalue weighted by Gasteiger charge is -2.38. The van der Waals surface area contributed by atoms with Crippen molar-refractivity contribution in [2.75, 3.05) is 19.7 Å². The van der Waals surface area contributed by atoms with Crippen molar-refractivity contribution in [3.8, 4) is 0 Å². The van der Waals surface area contributed by atoms with Crippen molar-refractivity contribution in [3.63, 3.8) is 0 Å². The summed E-state index contributed by atoms with van der Waals surface area (Å²) in [7, 11) is 0. The average Bonchev–Trinajstić information content (AvgIpc) is 2.16. The first-order valence-corrected chi connectivity index (χ1v) is 6.26. The molecule has 2 rings (SSSR count). The number of ether oxygens (including phenoxy) is 1. The van der Waals surface area contributed by atoms with Crippen molar-refractivity contribution in [1.29, 1.82) is 0 Å². The smallest absolute Gasteiger partial charge is 0.409 e. The van der Waals surface area contributed by atoms with Gasteiger partial charge in [0, 0.05) is 13.1 Å². The molecule has 0 aromatic carbocycles. The number of carbonyl (C=O) groups excluding carboxylic acids is 1. The van der Waals surface area contributed by atoms with Gasteiger partial charge in [-0.1, -0.05) is 22.0 Å². The van der Waals surface area contributed by atoms with Gasteiger partial charge in [0.1, 0.15) is 0 Å².